The van der Waals surface area contributed by atoms with E-state index in [1.807, 2.05) is 25.1 Å². The fraction of sp³-hybridized carbons (Fsp3) is 0.429. The zero-order chi connectivity index (χ0) is 11.8. The highest BCUT2D eigenvalue weighted by atomic mass is 16.5. The van der Waals surface area contributed by atoms with E-state index in [1.54, 1.807) is 7.11 Å². The molecule has 0 radical (unpaired) electrons. The molecule has 1 aromatic rings. The fourth-order valence-corrected chi connectivity index (χ4v) is 1.34. The molecule has 0 aliphatic carbocycles. The first-order chi connectivity index (χ1) is 7.81. The van der Waals surface area contributed by atoms with Gasteiger partial charge in [0.05, 0.1) is 7.11 Å². The van der Waals surface area contributed by atoms with Gasteiger partial charge in [-0.3, -0.25) is 0 Å². The molecule has 0 saturated heterocycles. The van der Waals surface area contributed by atoms with Gasteiger partial charge in [0.25, 0.3) is 0 Å². The molecule has 1 aromatic carbocycles. The lowest BCUT2D eigenvalue weighted by Crippen LogP contribution is -1.97. The van der Waals surface area contributed by atoms with Crippen LogP contribution >= 0.6 is 0 Å². The summed E-state index contributed by atoms with van der Waals surface area (Å²) >= 11 is 0. The molecule has 0 spiro atoms. The quantitative estimate of drug-likeness (QED) is 0.723. The van der Waals surface area contributed by atoms with Gasteiger partial charge in [-0.15, -0.1) is 5.92 Å². The van der Waals surface area contributed by atoms with Crippen LogP contribution in [0.15, 0.2) is 18.2 Å². The Morgan fingerprint density at radius 3 is 2.56 bits per heavy atom. The third-order valence-electron chi connectivity index (χ3n) is 2.24. The molecule has 0 bridgehead atoms. The second-order valence-electron chi connectivity index (χ2n) is 3.33. The normalized spacial score (nSPS) is 9.19. The van der Waals surface area contributed by atoms with Crippen LogP contribution in [-0.2, 0) is 6.42 Å². The monoisotopic (exact) mass is 218 g/mol. The van der Waals surface area contributed by atoms with E-state index in [1.165, 1.54) is 5.56 Å². The Labute approximate surface area is 97.6 Å². The highest BCUT2D eigenvalue weighted by Crippen LogP contribution is 2.27. The molecule has 0 heterocycles. The molecule has 0 atom stereocenters. The van der Waals surface area contributed by atoms with Gasteiger partial charge in [-0.2, -0.15) is 0 Å². The van der Waals surface area contributed by atoms with Crippen molar-refractivity contribution in [2.75, 3.05) is 13.7 Å². The van der Waals surface area contributed by atoms with Crippen LogP contribution in [0.1, 0.15) is 25.8 Å². The number of rotatable bonds is 4. The van der Waals surface area contributed by atoms with Crippen molar-refractivity contribution in [2.45, 2.75) is 26.7 Å². The Morgan fingerprint density at radius 2 is 1.94 bits per heavy atom. The maximum Gasteiger partial charge on any atom is 0.162 e. The van der Waals surface area contributed by atoms with Gasteiger partial charge in [0.1, 0.15) is 6.61 Å². The van der Waals surface area contributed by atoms with Crippen molar-refractivity contribution < 1.29 is 9.47 Å². The summed E-state index contributed by atoms with van der Waals surface area (Å²) in [5.41, 5.74) is 1.24. The number of hydrogen-bond acceptors (Lipinski definition) is 2. The van der Waals surface area contributed by atoms with Crippen LogP contribution in [0.4, 0.5) is 0 Å². The summed E-state index contributed by atoms with van der Waals surface area (Å²) in [5.74, 6) is 7.43. The average Bonchev–Trinajstić information content (AvgIpc) is 2.34. The second-order valence-corrected chi connectivity index (χ2v) is 3.33. The minimum atomic E-state index is 0.412. The van der Waals surface area contributed by atoms with Gasteiger partial charge in [0.2, 0.25) is 0 Å². The smallest absolute Gasteiger partial charge is 0.162 e. The number of benzene rings is 1. The zero-order valence-corrected chi connectivity index (χ0v) is 10.2. The van der Waals surface area contributed by atoms with Crippen LogP contribution in [-0.4, -0.2) is 13.7 Å². The Balaban J connectivity index is 2.71. The summed E-state index contributed by atoms with van der Waals surface area (Å²) < 4.78 is 10.8. The first-order valence-corrected chi connectivity index (χ1v) is 5.57. The highest BCUT2D eigenvalue weighted by Gasteiger charge is 2.03. The minimum Gasteiger partial charge on any atom is -0.493 e. The molecule has 0 fully saturated rings. The van der Waals surface area contributed by atoms with E-state index in [4.69, 9.17) is 9.47 Å². The second kappa shape index (κ2) is 6.79. The molecule has 0 amide bonds. The van der Waals surface area contributed by atoms with E-state index >= 15 is 0 Å². The molecule has 86 valence electrons. The number of hydrogen-bond donors (Lipinski definition) is 0. The molecule has 2 nitrogen and oxygen atoms in total. The lowest BCUT2D eigenvalue weighted by atomic mass is 10.1. The SMILES string of the molecule is CCC#CCOc1ccc(CC)cc1OC. The lowest BCUT2D eigenvalue weighted by Gasteiger charge is -2.09. The van der Waals surface area contributed by atoms with Crippen molar-refractivity contribution in [3.05, 3.63) is 23.8 Å². The Morgan fingerprint density at radius 1 is 1.12 bits per heavy atom. The van der Waals surface area contributed by atoms with Gasteiger partial charge in [-0.1, -0.05) is 25.8 Å². The standard InChI is InChI=1S/C14H18O2/c1-4-6-7-10-16-13-9-8-12(5-2)11-14(13)15-3/h8-9,11H,4-5,10H2,1-3H3. The van der Waals surface area contributed by atoms with Crippen LogP contribution in [0.25, 0.3) is 0 Å². The Bertz CT molecular complexity index is 385. The van der Waals surface area contributed by atoms with Crippen LogP contribution < -0.4 is 9.47 Å². The van der Waals surface area contributed by atoms with E-state index in [9.17, 15) is 0 Å². The zero-order valence-electron chi connectivity index (χ0n) is 10.2. The summed E-state index contributed by atoms with van der Waals surface area (Å²) in [6.45, 7) is 4.54. The van der Waals surface area contributed by atoms with Gasteiger partial charge in [0.15, 0.2) is 11.5 Å². The highest BCUT2D eigenvalue weighted by molar-refractivity contribution is 5.43. The molecule has 0 aliphatic rings. The van der Waals surface area contributed by atoms with Crippen molar-refractivity contribution in [3.63, 3.8) is 0 Å². The minimum absolute atomic E-state index is 0.412. The van der Waals surface area contributed by atoms with Gasteiger partial charge >= 0.3 is 0 Å². The molecule has 1 rings (SSSR count). The van der Waals surface area contributed by atoms with E-state index in [-0.39, 0.29) is 0 Å². The van der Waals surface area contributed by atoms with Crippen molar-refractivity contribution in [3.8, 4) is 23.3 Å². The molecular formula is C14H18O2. The summed E-state index contributed by atoms with van der Waals surface area (Å²) in [5, 5.41) is 0. The third-order valence-corrected chi connectivity index (χ3v) is 2.24. The van der Waals surface area contributed by atoms with Crippen LogP contribution in [0.2, 0.25) is 0 Å². The van der Waals surface area contributed by atoms with Gasteiger partial charge in [0, 0.05) is 6.42 Å². The molecule has 0 unspecified atom stereocenters. The Kier molecular flexibility index (Phi) is 5.28. The Hall–Kier alpha value is -1.62. The first kappa shape index (κ1) is 12.4. The van der Waals surface area contributed by atoms with Crippen LogP contribution in [0.5, 0.6) is 11.5 Å². The van der Waals surface area contributed by atoms with E-state index in [2.05, 4.69) is 18.8 Å². The number of ether oxygens (including phenoxy) is 2. The van der Waals surface area contributed by atoms with Gasteiger partial charge < -0.3 is 9.47 Å². The largest absolute Gasteiger partial charge is 0.493 e. The van der Waals surface area contributed by atoms with E-state index < -0.39 is 0 Å². The average molecular weight is 218 g/mol. The molecule has 0 saturated carbocycles. The maximum atomic E-state index is 5.53. The molecular weight excluding hydrogens is 200 g/mol. The maximum absolute atomic E-state index is 5.53. The molecule has 2 heteroatoms. The van der Waals surface area contributed by atoms with E-state index in [0.29, 0.717) is 6.61 Å². The molecule has 0 aliphatic heterocycles. The molecule has 0 N–H and O–H groups in total. The first-order valence-electron chi connectivity index (χ1n) is 5.57. The number of methoxy groups -OCH3 is 1. The van der Waals surface area contributed by atoms with Crippen molar-refractivity contribution in [2.24, 2.45) is 0 Å². The summed E-state index contributed by atoms with van der Waals surface area (Å²) in [6.07, 6.45) is 1.85. The predicted octanol–water partition coefficient (Wildman–Crippen LogP) is 3.05. The third kappa shape index (κ3) is 3.51. The van der Waals surface area contributed by atoms with Crippen LogP contribution in [0, 0.1) is 11.8 Å². The van der Waals surface area contributed by atoms with Crippen molar-refractivity contribution in [1.29, 1.82) is 0 Å². The number of aryl methyl sites for hydroxylation is 1. The van der Waals surface area contributed by atoms with Crippen molar-refractivity contribution in [1.82, 2.24) is 0 Å². The topological polar surface area (TPSA) is 18.5 Å². The summed E-state index contributed by atoms with van der Waals surface area (Å²) in [6, 6.07) is 5.99. The van der Waals surface area contributed by atoms with Crippen LogP contribution in [0.3, 0.4) is 0 Å². The molecule has 16 heavy (non-hydrogen) atoms. The summed E-state index contributed by atoms with van der Waals surface area (Å²) in [7, 11) is 1.65. The van der Waals surface area contributed by atoms with E-state index in [0.717, 1.165) is 24.3 Å². The lowest BCUT2D eigenvalue weighted by molar-refractivity contribution is 0.330. The van der Waals surface area contributed by atoms with Gasteiger partial charge in [-0.25, -0.2) is 0 Å². The predicted molar refractivity (Wildman–Crippen MR) is 65.9 cm³/mol. The fourth-order valence-electron chi connectivity index (χ4n) is 1.34. The van der Waals surface area contributed by atoms with Crippen molar-refractivity contribution >= 4 is 0 Å². The molecule has 0 aromatic heterocycles. The summed E-state index contributed by atoms with van der Waals surface area (Å²) in [4.78, 5) is 0. The van der Waals surface area contributed by atoms with Gasteiger partial charge in [-0.05, 0) is 24.1 Å².